The number of hydrogen-bond donors (Lipinski definition) is 0. The number of ether oxygens (including phenoxy) is 2. The van der Waals surface area contributed by atoms with Gasteiger partial charge in [0.25, 0.3) is 11.8 Å². The summed E-state index contributed by atoms with van der Waals surface area (Å²) in [5, 5.41) is 0. The van der Waals surface area contributed by atoms with E-state index in [4.69, 9.17) is 13.9 Å². The van der Waals surface area contributed by atoms with Gasteiger partial charge in [0.2, 0.25) is 0 Å². The van der Waals surface area contributed by atoms with Gasteiger partial charge >= 0.3 is 0 Å². The fraction of sp³-hybridized carbons (Fsp3) is 0.417. The number of benzene rings is 1. The molecule has 4 rings (SSSR count). The van der Waals surface area contributed by atoms with Gasteiger partial charge < -0.3 is 18.8 Å². The van der Waals surface area contributed by atoms with Crippen LogP contribution in [0.5, 0.6) is 11.5 Å². The normalized spacial score (nSPS) is 21.8. The predicted molar refractivity (Wildman–Crippen MR) is 115 cm³/mol. The number of carbonyl (C=O) groups excluding carboxylic acids is 2. The van der Waals surface area contributed by atoms with Gasteiger partial charge in [-0.3, -0.25) is 14.5 Å². The van der Waals surface area contributed by atoms with Crippen molar-refractivity contribution in [3.05, 3.63) is 53.6 Å². The number of likely N-dealkylation sites (tertiary alicyclic amines) is 1. The molecule has 1 saturated heterocycles. The number of methoxy groups -OCH3 is 2. The second kappa shape index (κ2) is 8.49. The molecule has 1 aromatic carbocycles. The van der Waals surface area contributed by atoms with Crippen molar-refractivity contribution in [3.63, 3.8) is 0 Å². The van der Waals surface area contributed by atoms with Gasteiger partial charge in [0.05, 0.1) is 32.6 Å². The Morgan fingerprint density at radius 3 is 2.32 bits per heavy atom. The summed E-state index contributed by atoms with van der Waals surface area (Å²) in [7, 11) is 3.11. The van der Waals surface area contributed by atoms with Crippen LogP contribution in [0.15, 0.2) is 46.7 Å². The minimum absolute atomic E-state index is 0.101. The summed E-state index contributed by atoms with van der Waals surface area (Å²) in [5.74, 6) is 1.90. The van der Waals surface area contributed by atoms with E-state index in [0.717, 1.165) is 19.5 Å². The summed E-state index contributed by atoms with van der Waals surface area (Å²) >= 11 is 0. The lowest BCUT2D eigenvalue weighted by molar-refractivity contribution is -0.138. The number of piperidine rings is 1. The highest BCUT2D eigenvalue weighted by atomic mass is 16.5. The highest BCUT2D eigenvalue weighted by molar-refractivity contribution is 6.35. The lowest BCUT2D eigenvalue weighted by Gasteiger charge is -2.37. The number of furan rings is 1. The quantitative estimate of drug-likeness (QED) is 0.661. The van der Waals surface area contributed by atoms with E-state index in [2.05, 4.69) is 18.7 Å². The first-order valence-electron chi connectivity index (χ1n) is 10.5. The molecule has 164 valence electrons. The number of hydrogen-bond acceptors (Lipinski definition) is 6. The van der Waals surface area contributed by atoms with Gasteiger partial charge in [0.15, 0.2) is 11.5 Å². The highest BCUT2D eigenvalue weighted by Crippen LogP contribution is 2.38. The van der Waals surface area contributed by atoms with Crippen LogP contribution in [0.3, 0.4) is 0 Å². The first kappa shape index (κ1) is 21.0. The van der Waals surface area contributed by atoms with E-state index >= 15 is 0 Å². The van der Waals surface area contributed by atoms with E-state index in [1.807, 2.05) is 0 Å². The van der Waals surface area contributed by atoms with Crippen LogP contribution in [0.2, 0.25) is 0 Å². The fourth-order valence-electron chi connectivity index (χ4n) is 4.66. The van der Waals surface area contributed by atoms with Gasteiger partial charge in [-0.25, -0.2) is 0 Å². The maximum atomic E-state index is 13.5. The van der Waals surface area contributed by atoms with E-state index in [-0.39, 0.29) is 18.4 Å². The third-order valence-electron chi connectivity index (χ3n) is 5.89. The van der Waals surface area contributed by atoms with Gasteiger partial charge in [-0.15, -0.1) is 0 Å². The SMILES string of the molecule is COc1ccc(C2=C(N3CC(C)CC(C)C3)C(=O)N(Cc3ccco3)C2=O)cc1OC. The minimum Gasteiger partial charge on any atom is -0.493 e. The molecule has 2 aromatic rings. The average molecular weight is 424 g/mol. The molecule has 31 heavy (non-hydrogen) atoms. The lowest BCUT2D eigenvalue weighted by Crippen LogP contribution is -2.41. The monoisotopic (exact) mass is 424 g/mol. The van der Waals surface area contributed by atoms with E-state index in [0.29, 0.717) is 45.9 Å². The number of amides is 2. The Balaban J connectivity index is 1.80. The third kappa shape index (κ3) is 3.92. The highest BCUT2D eigenvalue weighted by Gasteiger charge is 2.43. The summed E-state index contributed by atoms with van der Waals surface area (Å²) in [6, 6.07) is 8.83. The van der Waals surface area contributed by atoms with Crippen molar-refractivity contribution in [2.24, 2.45) is 11.8 Å². The molecular formula is C24H28N2O5. The molecule has 0 bridgehead atoms. The van der Waals surface area contributed by atoms with Gasteiger partial charge in [-0.1, -0.05) is 19.9 Å². The molecular weight excluding hydrogens is 396 g/mol. The number of rotatable bonds is 6. The molecule has 0 N–H and O–H groups in total. The maximum Gasteiger partial charge on any atom is 0.278 e. The minimum atomic E-state index is -0.325. The van der Waals surface area contributed by atoms with Gasteiger partial charge in [0.1, 0.15) is 11.5 Å². The molecule has 2 amide bonds. The predicted octanol–water partition coefficient (Wildman–Crippen LogP) is 3.55. The number of carbonyl (C=O) groups is 2. The van der Waals surface area contributed by atoms with Crippen LogP contribution in [0.1, 0.15) is 31.6 Å². The van der Waals surface area contributed by atoms with E-state index in [9.17, 15) is 9.59 Å². The van der Waals surface area contributed by atoms with Crippen LogP contribution < -0.4 is 9.47 Å². The van der Waals surface area contributed by atoms with E-state index in [1.54, 1.807) is 44.6 Å². The molecule has 0 aliphatic carbocycles. The van der Waals surface area contributed by atoms with Crippen molar-refractivity contribution in [1.82, 2.24) is 9.80 Å². The lowest BCUT2D eigenvalue weighted by atomic mass is 9.91. The largest absolute Gasteiger partial charge is 0.493 e. The van der Waals surface area contributed by atoms with Crippen molar-refractivity contribution in [2.45, 2.75) is 26.8 Å². The molecule has 0 radical (unpaired) electrons. The first-order chi connectivity index (χ1) is 14.9. The Bertz CT molecular complexity index is 1000. The van der Waals surface area contributed by atoms with Crippen LogP contribution in [-0.2, 0) is 16.1 Å². The molecule has 7 heteroatoms. The zero-order chi connectivity index (χ0) is 22.1. The van der Waals surface area contributed by atoms with E-state index < -0.39 is 0 Å². The zero-order valence-corrected chi connectivity index (χ0v) is 18.4. The van der Waals surface area contributed by atoms with E-state index in [1.165, 1.54) is 11.2 Å². The number of imide groups is 1. The summed E-state index contributed by atoms with van der Waals surface area (Å²) < 4.78 is 16.2. The van der Waals surface area contributed by atoms with Crippen molar-refractivity contribution in [1.29, 1.82) is 0 Å². The Morgan fingerprint density at radius 1 is 1.00 bits per heavy atom. The molecule has 2 aliphatic heterocycles. The van der Waals surface area contributed by atoms with Crippen LogP contribution in [0.4, 0.5) is 0 Å². The Hall–Kier alpha value is -3.22. The molecule has 2 aliphatic rings. The molecule has 0 spiro atoms. The molecule has 1 fully saturated rings. The van der Waals surface area contributed by atoms with Gasteiger partial charge in [-0.2, -0.15) is 0 Å². The van der Waals surface area contributed by atoms with Crippen LogP contribution >= 0.6 is 0 Å². The third-order valence-corrected chi connectivity index (χ3v) is 5.89. The Labute approximate surface area is 182 Å². The zero-order valence-electron chi connectivity index (χ0n) is 18.4. The summed E-state index contributed by atoms with van der Waals surface area (Å²) in [5.41, 5.74) is 1.50. The smallest absolute Gasteiger partial charge is 0.278 e. The van der Waals surface area contributed by atoms with Crippen LogP contribution in [0.25, 0.3) is 5.57 Å². The average Bonchev–Trinajstić information content (AvgIpc) is 3.34. The van der Waals surface area contributed by atoms with Crippen molar-refractivity contribution in [2.75, 3.05) is 27.3 Å². The molecule has 1 aromatic heterocycles. The maximum absolute atomic E-state index is 13.5. The molecule has 0 saturated carbocycles. The Morgan fingerprint density at radius 2 is 1.71 bits per heavy atom. The van der Waals surface area contributed by atoms with Gasteiger partial charge in [0, 0.05) is 13.1 Å². The molecule has 2 unspecified atom stereocenters. The summed E-state index contributed by atoms with van der Waals surface area (Å²) in [4.78, 5) is 30.4. The second-order valence-electron chi connectivity index (χ2n) is 8.42. The van der Waals surface area contributed by atoms with Crippen molar-refractivity contribution < 1.29 is 23.5 Å². The topological polar surface area (TPSA) is 72.2 Å². The standard InChI is InChI=1S/C24H28N2O5/c1-15-10-16(2)13-25(12-15)22-21(17-7-8-19(29-3)20(11-17)30-4)23(27)26(24(22)28)14-18-6-5-9-31-18/h5-9,11,15-16H,10,12-14H2,1-4H3. The van der Waals surface area contributed by atoms with Crippen LogP contribution in [0, 0.1) is 11.8 Å². The van der Waals surface area contributed by atoms with Crippen LogP contribution in [-0.4, -0.2) is 48.9 Å². The van der Waals surface area contributed by atoms with Crippen molar-refractivity contribution in [3.8, 4) is 11.5 Å². The summed E-state index contributed by atoms with van der Waals surface area (Å²) in [6.07, 6.45) is 2.64. The molecule has 3 heterocycles. The summed E-state index contributed by atoms with van der Waals surface area (Å²) in [6.45, 7) is 5.94. The Kier molecular flexibility index (Phi) is 5.76. The number of nitrogens with zero attached hydrogens (tertiary/aromatic N) is 2. The molecule has 2 atom stereocenters. The first-order valence-corrected chi connectivity index (χ1v) is 10.5. The van der Waals surface area contributed by atoms with Gasteiger partial charge in [-0.05, 0) is 48.1 Å². The fourth-order valence-corrected chi connectivity index (χ4v) is 4.66. The molecule has 7 nitrogen and oxygen atoms in total. The second-order valence-corrected chi connectivity index (χ2v) is 8.42. The van der Waals surface area contributed by atoms with Crippen molar-refractivity contribution >= 4 is 17.4 Å².